The summed E-state index contributed by atoms with van der Waals surface area (Å²) in [4.78, 5) is 0. The Labute approximate surface area is 125 Å². The highest BCUT2D eigenvalue weighted by atomic mass is 16.5. The summed E-state index contributed by atoms with van der Waals surface area (Å²) >= 11 is 0. The summed E-state index contributed by atoms with van der Waals surface area (Å²) in [5.41, 5.74) is 6.66. The molecule has 2 rings (SSSR count). The Hall–Kier alpha value is -1.93. The highest BCUT2D eigenvalue weighted by Gasteiger charge is 2.43. The average Bonchev–Trinajstić information content (AvgIpc) is 3.25. The quantitative estimate of drug-likeness (QED) is 0.794. The van der Waals surface area contributed by atoms with Crippen molar-refractivity contribution in [1.82, 2.24) is 0 Å². The number of rotatable bonds is 8. The van der Waals surface area contributed by atoms with Gasteiger partial charge >= 0.3 is 0 Å². The molecule has 0 heterocycles. The molecule has 1 aromatic rings. The lowest BCUT2D eigenvalue weighted by Crippen LogP contribution is -2.13. The number of nitrogens with zero attached hydrogens (tertiary/aromatic N) is 1. The Morgan fingerprint density at radius 1 is 1.24 bits per heavy atom. The fraction of sp³-hybridized carbons (Fsp3) is 0.562. The molecule has 1 aromatic carbocycles. The summed E-state index contributed by atoms with van der Waals surface area (Å²) in [6, 6.07) is 6.08. The van der Waals surface area contributed by atoms with E-state index in [0.29, 0.717) is 36.8 Å². The van der Waals surface area contributed by atoms with Crippen molar-refractivity contribution in [1.29, 1.82) is 5.26 Å². The summed E-state index contributed by atoms with van der Waals surface area (Å²) in [6.45, 7) is 1.08. The number of hydrogen-bond donors (Lipinski definition) is 1. The van der Waals surface area contributed by atoms with Crippen molar-refractivity contribution in [3.8, 4) is 23.3 Å². The normalized spacial score (nSPS) is 15.1. The molecule has 0 saturated heterocycles. The van der Waals surface area contributed by atoms with Crippen molar-refractivity contribution < 1.29 is 14.2 Å². The second-order valence-corrected chi connectivity index (χ2v) is 5.49. The van der Waals surface area contributed by atoms with Gasteiger partial charge in [-0.15, -0.1) is 0 Å². The van der Waals surface area contributed by atoms with E-state index >= 15 is 0 Å². The van der Waals surface area contributed by atoms with Crippen LogP contribution in [-0.4, -0.2) is 27.4 Å². The van der Waals surface area contributed by atoms with Crippen LogP contribution in [0.25, 0.3) is 0 Å². The third-order valence-electron chi connectivity index (χ3n) is 3.89. The standard InChI is InChI=1S/C16H22N2O3/c1-19-13-9-12(3-7-17)10-14(20-2)15(13)21-11-16(4-5-16)6-8-18/h9-10H,3-7,11,17H2,1-2H3. The van der Waals surface area contributed by atoms with Gasteiger partial charge in [0.05, 0.1) is 26.9 Å². The minimum atomic E-state index is 0.0146. The van der Waals surface area contributed by atoms with Crippen LogP contribution in [0.15, 0.2) is 12.1 Å². The number of benzene rings is 1. The van der Waals surface area contributed by atoms with Gasteiger partial charge in [-0.3, -0.25) is 0 Å². The third kappa shape index (κ3) is 3.59. The molecule has 1 fully saturated rings. The molecule has 0 aliphatic heterocycles. The first-order valence-corrected chi connectivity index (χ1v) is 7.13. The summed E-state index contributed by atoms with van der Waals surface area (Å²) in [5.74, 6) is 1.89. The van der Waals surface area contributed by atoms with Crippen LogP contribution in [0.3, 0.4) is 0 Å². The molecule has 0 amide bonds. The van der Waals surface area contributed by atoms with E-state index in [-0.39, 0.29) is 5.41 Å². The van der Waals surface area contributed by atoms with Gasteiger partial charge in [0, 0.05) is 11.8 Å². The molecule has 114 valence electrons. The first kappa shape index (κ1) is 15.5. The minimum Gasteiger partial charge on any atom is -0.493 e. The van der Waals surface area contributed by atoms with E-state index in [2.05, 4.69) is 6.07 Å². The maximum Gasteiger partial charge on any atom is 0.203 e. The summed E-state index contributed by atoms with van der Waals surface area (Å²) in [7, 11) is 3.21. The fourth-order valence-corrected chi connectivity index (χ4v) is 2.33. The molecule has 5 heteroatoms. The molecule has 5 nitrogen and oxygen atoms in total. The number of methoxy groups -OCH3 is 2. The first-order valence-electron chi connectivity index (χ1n) is 7.13. The van der Waals surface area contributed by atoms with Gasteiger partial charge in [-0.25, -0.2) is 0 Å². The van der Waals surface area contributed by atoms with Gasteiger partial charge in [-0.2, -0.15) is 5.26 Å². The van der Waals surface area contributed by atoms with Crippen molar-refractivity contribution in [2.45, 2.75) is 25.7 Å². The lowest BCUT2D eigenvalue weighted by Gasteiger charge is -2.18. The van der Waals surface area contributed by atoms with E-state index in [4.69, 9.17) is 25.2 Å². The van der Waals surface area contributed by atoms with Gasteiger partial charge in [0.1, 0.15) is 0 Å². The molecule has 1 aliphatic carbocycles. The van der Waals surface area contributed by atoms with Gasteiger partial charge in [0.2, 0.25) is 5.75 Å². The molecule has 0 bridgehead atoms. The lowest BCUT2D eigenvalue weighted by atomic mass is 10.1. The first-order chi connectivity index (χ1) is 10.2. The molecule has 0 aromatic heterocycles. The zero-order chi connectivity index (χ0) is 15.3. The molecule has 2 N–H and O–H groups in total. The van der Waals surface area contributed by atoms with Crippen LogP contribution >= 0.6 is 0 Å². The Morgan fingerprint density at radius 2 is 1.86 bits per heavy atom. The molecule has 0 atom stereocenters. The number of nitrogens with two attached hydrogens (primary N) is 1. The van der Waals surface area contributed by atoms with Gasteiger partial charge < -0.3 is 19.9 Å². The van der Waals surface area contributed by atoms with Crippen LogP contribution in [0.5, 0.6) is 17.2 Å². The molecule has 0 unspecified atom stereocenters. The van der Waals surface area contributed by atoms with Crippen molar-refractivity contribution in [2.24, 2.45) is 11.1 Å². The van der Waals surface area contributed by atoms with Crippen LogP contribution in [0.4, 0.5) is 0 Å². The SMILES string of the molecule is COc1cc(CCN)cc(OC)c1OCC1(CC#N)CC1. The molecule has 0 radical (unpaired) electrons. The highest BCUT2D eigenvalue weighted by molar-refractivity contribution is 5.54. The van der Waals surface area contributed by atoms with Gasteiger partial charge in [0.25, 0.3) is 0 Å². The predicted molar refractivity (Wildman–Crippen MR) is 79.7 cm³/mol. The minimum absolute atomic E-state index is 0.0146. The molecule has 1 saturated carbocycles. The zero-order valence-corrected chi connectivity index (χ0v) is 12.6. The van der Waals surface area contributed by atoms with Crippen LogP contribution in [0, 0.1) is 16.7 Å². The lowest BCUT2D eigenvalue weighted by molar-refractivity contribution is 0.217. The average molecular weight is 290 g/mol. The Kier molecular flexibility index (Phi) is 4.92. The molecule has 21 heavy (non-hydrogen) atoms. The summed E-state index contributed by atoms with van der Waals surface area (Å²) < 4.78 is 16.7. The van der Waals surface area contributed by atoms with E-state index < -0.39 is 0 Å². The second-order valence-electron chi connectivity index (χ2n) is 5.49. The van der Waals surface area contributed by atoms with Crippen molar-refractivity contribution in [2.75, 3.05) is 27.4 Å². The number of ether oxygens (including phenoxy) is 3. The summed E-state index contributed by atoms with van der Waals surface area (Å²) in [5, 5.41) is 8.87. The molecular formula is C16H22N2O3. The monoisotopic (exact) mass is 290 g/mol. The number of hydrogen-bond acceptors (Lipinski definition) is 5. The molecular weight excluding hydrogens is 268 g/mol. The van der Waals surface area contributed by atoms with Crippen LogP contribution in [-0.2, 0) is 6.42 Å². The Bertz CT molecular complexity index is 508. The van der Waals surface area contributed by atoms with Crippen molar-refractivity contribution in [3.63, 3.8) is 0 Å². The topological polar surface area (TPSA) is 77.5 Å². The van der Waals surface area contributed by atoms with E-state index in [1.54, 1.807) is 14.2 Å². The Morgan fingerprint density at radius 3 is 2.29 bits per heavy atom. The van der Waals surface area contributed by atoms with Crippen LogP contribution < -0.4 is 19.9 Å². The van der Waals surface area contributed by atoms with Crippen molar-refractivity contribution in [3.05, 3.63) is 17.7 Å². The van der Waals surface area contributed by atoms with Gasteiger partial charge in [-0.1, -0.05) is 0 Å². The van der Waals surface area contributed by atoms with Crippen LogP contribution in [0.2, 0.25) is 0 Å². The second kappa shape index (κ2) is 6.68. The number of nitriles is 1. The van der Waals surface area contributed by atoms with E-state index in [9.17, 15) is 0 Å². The van der Waals surface area contributed by atoms with Crippen LogP contribution in [0.1, 0.15) is 24.8 Å². The summed E-state index contributed by atoms with van der Waals surface area (Å²) in [6.07, 6.45) is 3.36. The van der Waals surface area contributed by atoms with E-state index in [1.807, 2.05) is 12.1 Å². The smallest absolute Gasteiger partial charge is 0.203 e. The highest BCUT2D eigenvalue weighted by Crippen LogP contribution is 2.50. The predicted octanol–water partition coefficient (Wildman–Crippen LogP) is 2.28. The van der Waals surface area contributed by atoms with E-state index in [0.717, 1.165) is 24.8 Å². The van der Waals surface area contributed by atoms with Gasteiger partial charge in [0.15, 0.2) is 11.5 Å². The van der Waals surface area contributed by atoms with E-state index in [1.165, 1.54) is 0 Å². The molecule has 1 aliphatic rings. The van der Waals surface area contributed by atoms with Crippen molar-refractivity contribution >= 4 is 0 Å². The largest absolute Gasteiger partial charge is 0.493 e. The molecule has 0 spiro atoms. The maximum absolute atomic E-state index is 8.87. The maximum atomic E-state index is 8.87. The fourth-order valence-electron chi connectivity index (χ4n) is 2.33. The third-order valence-corrected chi connectivity index (χ3v) is 3.89. The Balaban J connectivity index is 2.19. The van der Waals surface area contributed by atoms with Gasteiger partial charge in [-0.05, 0) is 43.5 Å². The zero-order valence-electron chi connectivity index (χ0n) is 12.6.